The molecule has 3 aromatic rings. The molecule has 0 aliphatic rings. The SMILES string of the molecule is CCCCCNCc1cc(Cl)c(Oc2cccc(-c3c(C)ccc(OC)c3C)c2C)cc1OC/C(C)=C/C(=N)C#N. The zero-order valence-electron chi connectivity index (χ0n) is 24.9. The van der Waals surface area contributed by atoms with E-state index in [0.717, 1.165) is 64.1 Å². The predicted octanol–water partition coefficient (Wildman–Crippen LogP) is 8.88. The minimum atomic E-state index is -0.110. The molecule has 41 heavy (non-hydrogen) atoms. The van der Waals surface area contributed by atoms with Gasteiger partial charge in [-0.2, -0.15) is 5.26 Å². The van der Waals surface area contributed by atoms with Crippen LogP contribution in [0.3, 0.4) is 0 Å². The van der Waals surface area contributed by atoms with Crippen LogP contribution in [0.4, 0.5) is 0 Å². The lowest BCUT2D eigenvalue weighted by molar-refractivity contribution is 0.344. The van der Waals surface area contributed by atoms with Crippen molar-refractivity contribution in [2.45, 2.75) is 60.4 Å². The van der Waals surface area contributed by atoms with Gasteiger partial charge in [0.1, 0.15) is 41.4 Å². The van der Waals surface area contributed by atoms with Crippen molar-refractivity contribution >= 4 is 17.3 Å². The monoisotopic (exact) mass is 573 g/mol. The lowest BCUT2D eigenvalue weighted by Gasteiger charge is -2.19. The molecule has 216 valence electrons. The molecule has 0 atom stereocenters. The molecule has 0 unspecified atom stereocenters. The summed E-state index contributed by atoms with van der Waals surface area (Å²) in [5, 5.41) is 20.5. The number of benzene rings is 3. The average molecular weight is 574 g/mol. The molecule has 0 aromatic heterocycles. The molecule has 6 nitrogen and oxygen atoms in total. The quantitative estimate of drug-likeness (QED) is 0.148. The number of methoxy groups -OCH3 is 1. The van der Waals surface area contributed by atoms with Gasteiger partial charge in [-0.25, -0.2) is 0 Å². The fourth-order valence-electron chi connectivity index (χ4n) is 4.74. The minimum Gasteiger partial charge on any atom is -0.496 e. The van der Waals surface area contributed by atoms with E-state index in [-0.39, 0.29) is 12.3 Å². The second-order valence-corrected chi connectivity index (χ2v) is 10.6. The van der Waals surface area contributed by atoms with Gasteiger partial charge in [-0.1, -0.05) is 49.6 Å². The molecule has 3 rings (SSSR count). The van der Waals surface area contributed by atoms with Crippen LogP contribution in [-0.2, 0) is 6.54 Å². The summed E-state index contributed by atoms with van der Waals surface area (Å²) in [7, 11) is 1.69. The first-order chi connectivity index (χ1) is 19.7. The Morgan fingerprint density at radius 3 is 2.51 bits per heavy atom. The third-order valence-electron chi connectivity index (χ3n) is 6.97. The lowest BCUT2D eigenvalue weighted by Crippen LogP contribution is -2.16. The van der Waals surface area contributed by atoms with E-state index in [1.165, 1.54) is 12.5 Å². The van der Waals surface area contributed by atoms with Gasteiger partial charge in [0.25, 0.3) is 0 Å². The van der Waals surface area contributed by atoms with Gasteiger partial charge < -0.3 is 19.5 Å². The fraction of sp³-hybridized carbons (Fsp3) is 0.353. The number of ether oxygens (including phenoxy) is 3. The number of rotatable bonds is 14. The van der Waals surface area contributed by atoms with Crippen LogP contribution in [0.1, 0.15) is 55.4 Å². The maximum atomic E-state index is 8.94. The Labute approximate surface area is 249 Å². The van der Waals surface area contributed by atoms with E-state index in [2.05, 4.69) is 38.2 Å². The molecule has 0 aliphatic carbocycles. The molecule has 0 spiro atoms. The van der Waals surface area contributed by atoms with Crippen LogP contribution in [-0.4, -0.2) is 26.0 Å². The Morgan fingerprint density at radius 2 is 1.80 bits per heavy atom. The van der Waals surface area contributed by atoms with Crippen LogP contribution in [0, 0.1) is 37.5 Å². The van der Waals surface area contributed by atoms with Crippen LogP contribution < -0.4 is 19.5 Å². The highest BCUT2D eigenvalue weighted by Crippen LogP contribution is 2.41. The normalized spacial score (nSPS) is 11.2. The molecule has 0 radical (unpaired) electrons. The number of halogens is 1. The topological polar surface area (TPSA) is 87.4 Å². The highest BCUT2D eigenvalue weighted by molar-refractivity contribution is 6.32. The molecule has 2 N–H and O–H groups in total. The molecule has 0 saturated carbocycles. The first-order valence-electron chi connectivity index (χ1n) is 13.9. The summed E-state index contributed by atoms with van der Waals surface area (Å²) in [4.78, 5) is 0. The summed E-state index contributed by atoms with van der Waals surface area (Å²) in [6.45, 7) is 12.0. The van der Waals surface area contributed by atoms with Crippen LogP contribution in [0.2, 0.25) is 5.02 Å². The molecule has 0 fully saturated rings. The van der Waals surface area contributed by atoms with E-state index < -0.39 is 0 Å². The molecular weight excluding hydrogens is 534 g/mol. The van der Waals surface area contributed by atoms with Gasteiger partial charge in [-0.3, -0.25) is 5.41 Å². The first-order valence-corrected chi connectivity index (χ1v) is 14.3. The zero-order valence-corrected chi connectivity index (χ0v) is 25.7. The van der Waals surface area contributed by atoms with E-state index in [9.17, 15) is 0 Å². The Kier molecular flexibility index (Phi) is 11.8. The maximum absolute atomic E-state index is 8.94. The Hall–Kier alpha value is -3.79. The number of hydrogen-bond donors (Lipinski definition) is 2. The van der Waals surface area contributed by atoms with Gasteiger partial charge in [0.2, 0.25) is 0 Å². The van der Waals surface area contributed by atoms with Gasteiger partial charge in [-0.05, 0) is 98.3 Å². The van der Waals surface area contributed by atoms with E-state index >= 15 is 0 Å². The van der Waals surface area contributed by atoms with Crippen LogP contribution in [0.25, 0.3) is 11.1 Å². The second kappa shape index (κ2) is 15.3. The second-order valence-electron chi connectivity index (χ2n) is 10.2. The van der Waals surface area contributed by atoms with Crippen molar-refractivity contribution in [2.24, 2.45) is 0 Å². The van der Waals surface area contributed by atoms with Crippen molar-refractivity contribution in [3.05, 3.63) is 81.4 Å². The van der Waals surface area contributed by atoms with Gasteiger partial charge in [0, 0.05) is 18.2 Å². The third kappa shape index (κ3) is 8.36. The average Bonchev–Trinajstić information content (AvgIpc) is 2.95. The highest BCUT2D eigenvalue weighted by Gasteiger charge is 2.17. The molecule has 7 heteroatoms. The summed E-state index contributed by atoms with van der Waals surface area (Å²) in [5.74, 6) is 2.66. The van der Waals surface area contributed by atoms with Crippen LogP contribution in [0.5, 0.6) is 23.0 Å². The summed E-state index contributed by atoms with van der Waals surface area (Å²) in [5.41, 5.74) is 6.97. The molecule has 0 heterocycles. The first kappa shape index (κ1) is 31.7. The Morgan fingerprint density at radius 1 is 1.02 bits per heavy atom. The highest BCUT2D eigenvalue weighted by atomic mass is 35.5. The molecule has 3 aromatic carbocycles. The van der Waals surface area contributed by atoms with Crippen molar-refractivity contribution in [2.75, 3.05) is 20.3 Å². The Balaban J connectivity index is 1.95. The van der Waals surface area contributed by atoms with Crippen molar-refractivity contribution in [3.63, 3.8) is 0 Å². The van der Waals surface area contributed by atoms with Gasteiger partial charge in [0.15, 0.2) is 0 Å². The van der Waals surface area contributed by atoms with Gasteiger partial charge >= 0.3 is 0 Å². The Bertz CT molecular complexity index is 1460. The number of nitriles is 1. The summed E-state index contributed by atoms with van der Waals surface area (Å²) < 4.78 is 18.2. The molecule has 0 bridgehead atoms. The number of nitrogens with one attached hydrogen (secondary N) is 2. The summed E-state index contributed by atoms with van der Waals surface area (Å²) in [6.07, 6.45) is 4.94. The lowest BCUT2D eigenvalue weighted by atomic mass is 9.92. The van der Waals surface area contributed by atoms with Crippen molar-refractivity contribution in [1.82, 2.24) is 5.32 Å². The van der Waals surface area contributed by atoms with Crippen molar-refractivity contribution in [3.8, 4) is 40.2 Å². The number of hydrogen-bond acceptors (Lipinski definition) is 6. The van der Waals surface area contributed by atoms with E-state index in [1.807, 2.05) is 50.2 Å². The van der Waals surface area contributed by atoms with E-state index in [1.54, 1.807) is 7.11 Å². The third-order valence-corrected chi connectivity index (χ3v) is 7.27. The number of nitrogens with zero attached hydrogens (tertiary/aromatic N) is 1. The maximum Gasteiger partial charge on any atom is 0.149 e. The molecule has 0 aliphatic heterocycles. The number of aryl methyl sites for hydroxylation is 1. The van der Waals surface area contributed by atoms with Crippen LogP contribution in [0.15, 0.2) is 54.1 Å². The van der Waals surface area contributed by atoms with E-state index in [4.69, 9.17) is 36.5 Å². The zero-order chi connectivity index (χ0) is 29.9. The largest absolute Gasteiger partial charge is 0.496 e. The molecule has 0 saturated heterocycles. The molecule has 0 amide bonds. The standard InChI is InChI=1S/C34H40ClN3O3/c1-7-8-9-15-38-20-26-17-29(35)33(18-32(26)40-21-22(2)16-27(37)19-36)41-31-12-10-11-28(24(31)4)34-23(3)13-14-30(39-6)25(34)5/h10-14,16-18,37-38H,7-9,15,20-21H2,1-6H3/b22-16+,37-27?. The fourth-order valence-corrected chi connectivity index (χ4v) is 4.96. The van der Waals surface area contributed by atoms with E-state index in [0.29, 0.717) is 28.8 Å². The van der Waals surface area contributed by atoms with Crippen molar-refractivity contribution in [1.29, 1.82) is 10.7 Å². The predicted molar refractivity (Wildman–Crippen MR) is 168 cm³/mol. The minimum absolute atomic E-state index is 0.110. The van der Waals surface area contributed by atoms with Crippen molar-refractivity contribution < 1.29 is 14.2 Å². The molecular formula is C34H40ClN3O3. The number of unbranched alkanes of at least 4 members (excludes halogenated alkanes) is 2. The smallest absolute Gasteiger partial charge is 0.149 e. The van der Waals surface area contributed by atoms with Gasteiger partial charge in [-0.15, -0.1) is 0 Å². The number of allylic oxidation sites excluding steroid dienone is 1. The summed E-state index contributed by atoms with van der Waals surface area (Å²) in [6, 6.07) is 15.6. The summed E-state index contributed by atoms with van der Waals surface area (Å²) >= 11 is 6.76. The van der Waals surface area contributed by atoms with Crippen LogP contribution >= 0.6 is 11.6 Å². The van der Waals surface area contributed by atoms with Gasteiger partial charge in [0.05, 0.1) is 12.1 Å².